The highest BCUT2D eigenvalue weighted by Gasteiger charge is 2.55. The van der Waals surface area contributed by atoms with Crippen molar-refractivity contribution in [1.29, 1.82) is 0 Å². The van der Waals surface area contributed by atoms with Gasteiger partial charge in [0.1, 0.15) is 17.2 Å². The second-order valence-corrected chi connectivity index (χ2v) is 13.2. The molecule has 2 N–H and O–H groups in total. The maximum Gasteiger partial charge on any atom is 0.270 e. The molecule has 1 spiro atoms. The van der Waals surface area contributed by atoms with Gasteiger partial charge in [0.25, 0.3) is 11.8 Å². The number of amides is 2. The number of hydrogen-bond acceptors (Lipinski definition) is 9. The van der Waals surface area contributed by atoms with Crippen molar-refractivity contribution in [2.45, 2.75) is 64.5 Å². The molecule has 1 unspecified atom stereocenters. The number of rotatable bonds is 7. The third kappa shape index (κ3) is 5.46. The Morgan fingerprint density at radius 2 is 1.81 bits per heavy atom. The van der Waals surface area contributed by atoms with Gasteiger partial charge in [-0.15, -0.1) is 0 Å². The number of aromatic nitrogens is 4. The number of nitrogens with one attached hydrogen (secondary N) is 1. The van der Waals surface area contributed by atoms with Crippen molar-refractivity contribution in [3.63, 3.8) is 0 Å². The third-order valence-electron chi connectivity index (χ3n) is 8.33. The second kappa shape index (κ2) is 10.6. The molecule has 6 rings (SSSR count). The minimum atomic E-state index is -0.927. The van der Waals surface area contributed by atoms with E-state index in [1.165, 1.54) is 0 Å². The first-order valence-corrected chi connectivity index (χ1v) is 14.6. The van der Waals surface area contributed by atoms with Crippen molar-refractivity contribution in [2.75, 3.05) is 45.6 Å². The molecule has 12 nitrogen and oxygen atoms in total. The molecule has 224 valence electrons. The molecule has 0 bridgehead atoms. The summed E-state index contributed by atoms with van der Waals surface area (Å²) < 4.78 is 7.71. The van der Waals surface area contributed by atoms with Gasteiger partial charge in [-0.3, -0.25) is 14.5 Å². The minimum Gasteiger partial charge on any atom is -0.356 e. The standard InChI is InChI=1S/C30H40N8O4/c1-29(2,3)42-28(41)37-17-30(18-37)15-36(16-30)25(39)19-10-11-23(31-13-19)33-27-32-14-20-12-22(26(40)35(4)5)38(24(20)34-27)21-8-6-7-9-21/h10-14,21,28,41H,6-9,15-18H2,1-5H3,(H,31,32,33,34). The van der Waals surface area contributed by atoms with Crippen LogP contribution in [0.5, 0.6) is 0 Å². The smallest absolute Gasteiger partial charge is 0.270 e. The highest BCUT2D eigenvalue weighted by Crippen LogP contribution is 2.41. The lowest BCUT2D eigenvalue weighted by Crippen LogP contribution is -2.74. The van der Waals surface area contributed by atoms with Crippen LogP contribution >= 0.6 is 0 Å². The maximum absolute atomic E-state index is 13.1. The summed E-state index contributed by atoms with van der Waals surface area (Å²) in [4.78, 5) is 45.0. The quantitative estimate of drug-likeness (QED) is 0.407. The molecule has 3 aromatic heterocycles. The van der Waals surface area contributed by atoms with E-state index in [1.54, 1.807) is 43.5 Å². The monoisotopic (exact) mass is 576 g/mol. The fraction of sp³-hybridized carbons (Fsp3) is 0.567. The Balaban J connectivity index is 1.10. The van der Waals surface area contributed by atoms with Gasteiger partial charge in [0, 0.05) is 69.5 Å². The summed E-state index contributed by atoms with van der Waals surface area (Å²) in [5.41, 5.74) is 1.48. The summed E-state index contributed by atoms with van der Waals surface area (Å²) in [6.45, 7) is 8.45. The number of hydrogen-bond donors (Lipinski definition) is 2. The molecule has 0 radical (unpaired) electrons. The van der Waals surface area contributed by atoms with E-state index in [9.17, 15) is 14.7 Å². The zero-order valence-corrected chi connectivity index (χ0v) is 25.0. The molecule has 3 aromatic rings. The Kier molecular flexibility index (Phi) is 7.19. The van der Waals surface area contributed by atoms with Gasteiger partial charge in [-0.05, 0) is 51.8 Å². The summed E-state index contributed by atoms with van der Waals surface area (Å²) >= 11 is 0. The van der Waals surface area contributed by atoms with Gasteiger partial charge in [0.15, 0.2) is 0 Å². The van der Waals surface area contributed by atoms with Crippen LogP contribution in [0.2, 0.25) is 0 Å². The highest BCUT2D eigenvalue weighted by atomic mass is 16.6. The molecule has 3 fully saturated rings. The van der Waals surface area contributed by atoms with Crippen LogP contribution in [-0.4, -0.2) is 103 Å². The Bertz CT molecular complexity index is 1480. The number of fused-ring (bicyclic) bond motifs is 1. The fourth-order valence-corrected chi connectivity index (χ4v) is 6.35. The largest absolute Gasteiger partial charge is 0.356 e. The van der Waals surface area contributed by atoms with Gasteiger partial charge in [-0.2, -0.15) is 4.98 Å². The Labute approximate surface area is 245 Å². The second-order valence-electron chi connectivity index (χ2n) is 13.2. The predicted molar refractivity (Wildman–Crippen MR) is 157 cm³/mol. The first-order chi connectivity index (χ1) is 19.9. The average molecular weight is 577 g/mol. The summed E-state index contributed by atoms with van der Waals surface area (Å²) in [7, 11) is 3.52. The molecule has 3 aliphatic rings. The molecule has 0 aromatic carbocycles. The van der Waals surface area contributed by atoms with Crippen LogP contribution in [-0.2, 0) is 4.74 Å². The summed E-state index contributed by atoms with van der Waals surface area (Å²) in [5, 5.41) is 14.3. The lowest BCUT2D eigenvalue weighted by Gasteiger charge is -2.61. The number of ether oxygens (including phenoxy) is 1. The van der Waals surface area contributed by atoms with Crippen LogP contribution in [0.1, 0.15) is 73.3 Å². The molecule has 2 saturated heterocycles. The zero-order valence-electron chi connectivity index (χ0n) is 25.0. The SMILES string of the molecule is CN(C)C(=O)c1cc2cnc(Nc3ccc(C(=O)N4CC5(C4)CN(C(O)OC(C)(C)C)C5)cn3)nc2n1C1CCCC1. The highest BCUT2D eigenvalue weighted by molar-refractivity contribution is 5.98. The summed E-state index contributed by atoms with van der Waals surface area (Å²) in [6, 6.07) is 5.61. The molecule has 5 heterocycles. The van der Waals surface area contributed by atoms with Crippen molar-refractivity contribution in [3.8, 4) is 0 Å². The van der Waals surface area contributed by atoms with E-state index in [0.717, 1.165) is 36.7 Å². The first kappa shape index (κ1) is 28.5. The molecule has 42 heavy (non-hydrogen) atoms. The number of aliphatic hydroxyl groups excluding tert-OH is 1. The fourth-order valence-electron chi connectivity index (χ4n) is 6.35. The number of aliphatic hydroxyl groups is 1. The number of carbonyl (C=O) groups excluding carboxylic acids is 2. The number of likely N-dealkylation sites (tertiary alicyclic amines) is 2. The van der Waals surface area contributed by atoms with Crippen molar-refractivity contribution < 1.29 is 19.4 Å². The first-order valence-electron chi connectivity index (χ1n) is 14.6. The molecular formula is C30H40N8O4. The summed E-state index contributed by atoms with van der Waals surface area (Å²) in [5.74, 6) is 0.796. The van der Waals surface area contributed by atoms with Crippen molar-refractivity contribution in [1.82, 2.24) is 34.2 Å². The van der Waals surface area contributed by atoms with Crippen LogP contribution in [0.15, 0.2) is 30.6 Å². The van der Waals surface area contributed by atoms with Crippen molar-refractivity contribution in [2.24, 2.45) is 5.41 Å². The topological polar surface area (TPSA) is 129 Å². The minimum absolute atomic E-state index is 0.0238. The van der Waals surface area contributed by atoms with Gasteiger partial charge >= 0.3 is 0 Å². The van der Waals surface area contributed by atoms with Crippen molar-refractivity contribution in [3.05, 3.63) is 41.9 Å². The van der Waals surface area contributed by atoms with E-state index >= 15 is 0 Å². The van der Waals surface area contributed by atoms with Gasteiger partial charge in [-0.1, -0.05) is 12.8 Å². The maximum atomic E-state index is 13.1. The van der Waals surface area contributed by atoms with Crippen molar-refractivity contribution >= 4 is 34.6 Å². The number of pyridine rings is 1. The number of carbonyl (C=O) groups is 2. The van der Waals surface area contributed by atoms with E-state index in [4.69, 9.17) is 9.72 Å². The molecule has 1 atom stereocenters. The van der Waals surface area contributed by atoms with E-state index < -0.39 is 12.0 Å². The molecule has 1 saturated carbocycles. The molecule has 2 aliphatic heterocycles. The zero-order chi connectivity index (χ0) is 29.8. The molecule has 1 aliphatic carbocycles. The number of nitrogens with zero attached hydrogens (tertiary/aromatic N) is 7. The van der Waals surface area contributed by atoms with Crippen LogP contribution in [0.25, 0.3) is 11.0 Å². The number of anilines is 2. The Morgan fingerprint density at radius 1 is 1.10 bits per heavy atom. The van der Waals surface area contributed by atoms with E-state index in [0.29, 0.717) is 49.2 Å². The normalized spacial score (nSPS) is 19.5. The van der Waals surface area contributed by atoms with E-state index in [2.05, 4.69) is 19.9 Å². The van der Waals surface area contributed by atoms with Crippen LogP contribution < -0.4 is 5.32 Å². The Hall–Kier alpha value is -3.61. The summed E-state index contributed by atoms with van der Waals surface area (Å²) in [6.07, 6.45) is 6.68. The average Bonchev–Trinajstić information content (AvgIpc) is 3.53. The molecular weight excluding hydrogens is 536 g/mol. The lowest BCUT2D eigenvalue weighted by molar-refractivity contribution is -0.285. The third-order valence-corrected chi connectivity index (χ3v) is 8.33. The van der Waals surface area contributed by atoms with Crippen LogP contribution in [0.3, 0.4) is 0 Å². The van der Waals surface area contributed by atoms with Crippen LogP contribution in [0, 0.1) is 5.41 Å². The lowest BCUT2D eigenvalue weighted by atomic mass is 9.73. The van der Waals surface area contributed by atoms with Gasteiger partial charge in [-0.25, -0.2) is 9.97 Å². The van der Waals surface area contributed by atoms with Crippen LogP contribution in [0.4, 0.5) is 11.8 Å². The van der Waals surface area contributed by atoms with Gasteiger partial charge in [0.05, 0.1) is 11.2 Å². The van der Waals surface area contributed by atoms with E-state index in [1.807, 2.05) is 36.6 Å². The molecule has 2 amide bonds. The van der Waals surface area contributed by atoms with Gasteiger partial charge < -0.3 is 29.5 Å². The Morgan fingerprint density at radius 3 is 2.43 bits per heavy atom. The molecule has 12 heteroatoms. The predicted octanol–water partition coefficient (Wildman–Crippen LogP) is 3.24. The van der Waals surface area contributed by atoms with Gasteiger partial charge in [0.2, 0.25) is 12.4 Å². The van der Waals surface area contributed by atoms with E-state index in [-0.39, 0.29) is 23.3 Å².